The molecule has 0 saturated heterocycles. The van der Waals surface area contributed by atoms with Gasteiger partial charge in [-0.3, -0.25) is 0 Å². The van der Waals surface area contributed by atoms with Gasteiger partial charge < -0.3 is 14.8 Å². The Balaban J connectivity index is 0.00000288. The van der Waals surface area contributed by atoms with Crippen LogP contribution in [-0.2, 0) is 13.2 Å². The normalized spacial score (nSPS) is 10.1. The van der Waals surface area contributed by atoms with Crippen molar-refractivity contribution >= 4 is 12.4 Å². The summed E-state index contributed by atoms with van der Waals surface area (Å²) in [5.41, 5.74) is 3.62. The summed E-state index contributed by atoms with van der Waals surface area (Å²) in [5.74, 6) is 1.57. The highest BCUT2D eigenvalue weighted by molar-refractivity contribution is 5.85. The third-order valence-corrected chi connectivity index (χ3v) is 3.78. The third kappa shape index (κ3) is 6.42. The molecule has 0 unspecified atom stereocenters. The Hall–Kier alpha value is -1.71. The zero-order chi connectivity index (χ0) is 16.5. The maximum Gasteiger partial charge on any atom is 0.161 e. The molecule has 0 aliphatic rings. The first kappa shape index (κ1) is 20.3. The minimum absolute atomic E-state index is 0. The molecule has 24 heavy (non-hydrogen) atoms. The standard InChI is InChI=1S/C20H27NO2.ClH/c1-4-5-12-21-14-18-10-11-19(20(13-18)22-3)23-15-17-8-6-16(2)7-9-17;/h6-11,13,21H,4-5,12,14-15H2,1-3H3;1H. The first-order valence-corrected chi connectivity index (χ1v) is 8.29. The lowest BCUT2D eigenvalue weighted by molar-refractivity contribution is 0.284. The quantitative estimate of drug-likeness (QED) is 0.653. The van der Waals surface area contributed by atoms with Gasteiger partial charge in [0.15, 0.2) is 11.5 Å². The Morgan fingerprint density at radius 3 is 2.33 bits per heavy atom. The summed E-state index contributed by atoms with van der Waals surface area (Å²) in [6, 6.07) is 14.5. The molecule has 1 N–H and O–H groups in total. The van der Waals surface area contributed by atoms with Crippen LogP contribution >= 0.6 is 12.4 Å². The van der Waals surface area contributed by atoms with Gasteiger partial charge in [0.05, 0.1) is 7.11 Å². The molecule has 4 heteroatoms. The van der Waals surface area contributed by atoms with Gasteiger partial charge in [-0.2, -0.15) is 0 Å². The Labute approximate surface area is 151 Å². The summed E-state index contributed by atoms with van der Waals surface area (Å²) in [4.78, 5) is 0. The molecule has 0 amide bonds. The summed E-state index contributed by atoms with van der Waals surface area (Å²) in [5, 5.41) is 3.44. The summed E-state index contributed by atoms with van der Waals surface area (Å²) < 4.78 is 11.4. The van der Waals surface area contributed by atoms with Crippen LogP contribution in [0.3, 0.4) is 0 Å². The number of ether oxygens (including phenoxy) is 2. The van der Waals surface area contributed by atoms with Crippen LogP contribution in [0.15, 0.2) is 42.5 Å². The number of aryl methyl sites for hydroxylation is 1. The second-order valence-corrected chi connectivity index (χ2v) is 5.79. The van der Waals surface area contributed by atoms with Gasteiger partial charge >= 0.3 is 0 Å². The second-order valence-electron chi connectivity index (χ2n) is 5.79. The zero-order valence-electron chi connectivity index (χ0n) is 14.8. The van der Waals surface area contributed by atoms with E-state index in [9.17, 15) is 0 Å². The average molecular weight is 350 g/mol. The third-order valence-electron chi connectivity index (χ3n) is 3.78. The number of halogens is 1. The van der Waals surface area contributed by atoms with E-state index in [0.717, 1.165) is 30.2 Å². The van der Waals surface area contributed by atoms with E-state index in [1.54, 1.807) is 7.11 Å². The molecule has 0 spiro atoms. The Morgan fingerprint density at radius 2 is 1.67 bits per heavy atom. The van der Waals surface area contributed by atoms with Crippen molar-refractivity contribution in [2.75, 3.05) is 13.7 Å². The number of methoxy groups -OCH3 is 1. The molecule has 2 aromatic carbocycles. The van der Waals surface area contributed by atoms with Crippen LogP contribution in [0.1, 0.15) is 36.5 Å². The molecule has 2 aromatic rings. The van der Waals surface area contributed by atoms with Crippen molar-refractivity contribution in [2.45, 2.75) is 39.8 Å². The van der Waals surface area contributed by atoms with E-state index >= 15 is 0 Å². The van der Waals surface area contributed by atoms with Crippen LogP contribution in [-0.4, -0.2) is 13.7 Å². The van der Waals surface area contributed by atoms with Crippen LogP contribution in [0.25, 0.3) is 0 Å². The topological polar surface area (TPSA) is 30.5 Å². The van der Waals surface area contributed by atoms with Gasteiger partial charge in [-0.05, 0) is 43.1 Å². The van der Waals surface area contributed by atoms with Crippen molar-refractivity contribution in [3.63, 3.8) is 0 Å². The SMILES string of the molecule is CCCCNCc1ccc(OCc2ccc(C)cc2)c(OC)c1.Cl. The first-order valence-electron chi connectivity index (χ1n) is 8.29. The molecular weight excluding hydrogens is 322 g/mol. The molecule has 0 bridgehead atoms. The molecule has 0 saturated carbocycles. The summed E-state index contributed by atoms with van der Waals surface area (Å²) >= 11 is 0. The highest BCUT2D eigenvalue weighted by atomic mass is 35.5. The summed E-state index contributed by atoms with van der Waals surface area (Å²) in [6.07, 6.45) is 2.41. The number of benzene rings is 2. The predicted octanol–water partition coefficient (Wildman–Crippen LogP) is 4.89. The molecular formula is C20H28ClNO2. The van der Waals surface area contributed by atoms with Gasteiger partial charge in [-0.15, -0.1) is 12.4 Å². The van der Waals surface area contributed by atoms with E-state index in [1.165, 1.54) is 24.0 Å². The lowest BCUT2D eigenvalue weighted by Crippen LogP contribution is -2.14. The Morgan fingerprint density at radius 1 is 0.958 bits per heavy atom. The predicted molar refractivity (Wildman–Crippen MR) is 102 cm³/mol. The lowest BCUT2D eigenvalue weighted by atomic mass is 10.1. The minimum atomic E-state index is 0. The van der Waals surface area contributed by atoms with Gasteiger partial charge in [0.1, 0.15) is 6.61 Å². The van der Waals surface area contributed by atoms with E-state index in [4.69, 9.17) is 9.47 Å². The maximum atomic E-state index is 5.91. The van der Waals surface area contributed by atoms with Crippen molar-refractivity contribution in [1.29, 1.82) is 0 Å². The fourth-order valence-electron chi connectivity index (χ4n) is 2.32. The zero-order valence-corrected chi connectivity index (χ0v) is 15.6. The smallest absolute Gasteiger partial charge is 0.161 e. The highest BCUT2D eigenvalue weighted by Crippen LogP contribution is 2.28. The van der Waals surface area contributed by atoms with E-state index in [0.29, 0.717) is 6.61 Å². The first-order chi connectivity index (χ1) is 11.2. The van der Waals surface area contributed by atoms with Gasteiger partial charge in [0.25, 0.3) is 0 Å². The van der Waals surface area contributed by atoms with Gasteiger partial charge in [-0.1, -0.05) is 49.2 Å². The molecule has 3 nitrogen and oxygen atoms in total. The molecule has 2 rings (SSSR count). The lowest BCUT2D eigenvalue weighted by Gasteiger charge is -2.13. The van der Waals surface area contributed by atoms with Crippen LogP contribution in [0.5, 0.6) is 11.5 Å². The number of unbranched alkanes of at least 4 members (excludes halogenated alkanes) is 1. The van der Waals surface area contributed by atoms with Crippen LogP contribution in [0, 0.1) is 6.92 Å². The summed E-state index contributed by atoms with van der Waals surface area (Å²) in [6.45, 7) is 6.73. The fourth-order valence-corrected chi connectivity index (χ4v) is 2.32. The van der Waals surface area contributed by atoms with Crippen LogP contribution in [0.2, 0.25) is 0 Å². The number of nitrogens with one attached hydrogen (secondary N) is 1. The van der Waals surface area contributed by atoms with Gasteiger partial charge in [0.2, 0.25) is 0 Å². The highest BCUT2D eigenvalue weighted by Gasteiger charge is 2.06. The molecule has 0 atom stereocenters. The molecule has 0 aliphatic carbocycles. The van der Waals surface area contributed by atoms with Crippen LogP contribution < -0.4 is 14.8 Å². The number of rotatable bonds is 9. The van der Waals surface area contributed by atoms with Crippen LogP contribution in [0.4, 0.5) is 0 Å². The molecule has 0 radical (unpaired) electrons. The summed E-state index contributed by atoms with van der Waals surface area (Å²) in [7, 11) is 1.68. The average Bonchev–Trinajstić information content (AvgIpc) is 2.58. The molecule has 0 fully saturated rings. The van der Waals surface area contributed by atoms with E-state index < -0.39 is 0 Å². The van der Waals surface area contributed by atoms with E-state index in [2.05, 4.69) is 49.5 Å². The van der Waals surface area contributed by atoms with Crippen molar-refractivity contribution in [3.8, 4) is 11.5 Å². The molecule has 0 aromatic heterocycles. The van der Waals surface area contributed by atoms with Crippen molar-refractivity contribution < 1.29 is 9.47 Å². The Kier molecular flexibility index (Phi) is 9.28. The maximum absolute atomic E-state index is 5.91. The van der Waals surface area contributed by atoms with E-state index in [-0.39, 0.29) is 12.4 Å². The van der Waals surface area contributed by atoms with Crippen molar-refractivity contribution in [3.05, 3.63) is 59.2 Å². The minimum Gasteiger partial charge on any atom is -0.493 e. The fraction of sp³-hybridized carbons (Fsp3) is 0.400. The van der Waals surface area contributed by atoms with Crippen molar-refractivity contribution in [1.82, 2.24) is 5.32 Å². The molecule has 132 valence electrons. The largest absolute Gasteiger partial charge is 0.493 e. The van der Waals surface area contributed by atoms with E-state index in [1.807, 2.05) is 12.1 Å². The van der Waals surface area contributed by atoms with Gasteiger partial charge in [-0.25, -0.2) is 0 Å². The van der Waals surface area contributed by atoms with Gasteiger partial charge in [0, 0.05) is 6.54 Å². The monoisotopic (exact) mass is 349 g/mol. The number of hydrogen-bond acceptors (Lipinski definition) is 3. The Bertz CT molecular complexity index is 599. The van der Waals surface area contributed by atoms with Crippen molar-refractivity contribution in [2.24, 2.45) is 0 Å². The number of hydrogen-bond donors (Lipinski definition) is 1. The second kappa shape index (κ2) is 11.0. The molecule has 0 heterocycles. The molecule has 0 aliphatic heterocycles.